The van der Waals surface area contributed by atoms with E-state index in [0.717, 1.165) is 11.5 Å². The summed E-state index contributed by atoms with van der Waals surface area (Å²) < 4.78 is 17.6. The third-order valence-electron chi connectivity index (χ3n) is 2.53. The van der Waals surface area contributed by atoms with E-state index in [-0.39, 0.29) is 0 Å². The first kappa shape index (κ1) is 15.3. The molecule has 1 aromatic carbocycles. The van der Waals surface area contributed by atoms with Crippen LogP contribution in [0.4, 0.5) is 11.5 Å². The average molecular weight is 278 g/mol. The molecular weight excluding hydrogens is 262 g/mol. The van der Waals surface area contributed by atoms with Crippen molar-refractivity contribution in [2.45, 2.75) is 13.8 Å². The predicted octanol–water partition coefficient (Wildman–Crippen LogP) is 2.18. The zero-order valence-corrected chi connectivity index (χ0v) is 11.6. The number of nitrogens with one attached hydrogen (secondary N) is 1. The van der Waals surface area contributed by atoms with Gasteiger partial charge >= 0.3 is 0 Å². The molecule has 0 spiro atoms. The monoisotopic (exact) mass is 278 g/mol. The van der Waals surface area contributed by atoms with E-state index in [1.807, 2.05) is 24.3 Å². The Kier molecular flexibility index (Phi) is 6.14. The van der Waals surface area contributed by atoms with Crippen LogP contribution in [0.1, 0.15) is 11.1 Å². The van der Waals surface area contributed by atoms with Gasteiger partial charge in [0.1, 0.15) is 5.82 Å². The molecule has 19 heavy (non-hydrogen) atoms. The Bertz CT molecular complexity index is 543. The second-order valence-corrected chi connectivity index (χ2v) is 4.37. The number of nitrogens with two attached hydrogens (primary N) is 1. The molecule has 1 heterocycles. The van der Waals surface area contributed by atoms with Crippen LogP contribution in [0.25, 0.3) is 0 Å². The van der Waals surface area contributed by atoms with E-state index >= 15 is 0 Å². The minimum absolute atomic E-state index is 0.881. The predicted molar refractivity (Wildman–Crippen MR) is 76.5 cm³/mol. The molecule has 2 aromatic rings. The van der Waals surface area contributed by atoms with Crippen LogP contribution >= 0.6 is 0 Å². The molecule has 0 aliphatic heterocycles. The van der Waals surface area contributed by atoms with Crippen molar-refractivity contribution in [2.24, 2.45) is 5.14 Å². The lowest BCUT2D eigenvalue weighted by atomic mass is 10.1. The normalized spacial score (nSPS) is 11.2. The van der Waals surface area contributed by atoms with Gasteiger partial charge in [-0.15, -0.1) is 0 Å². The Morgan fingerprint density at radius 3 is 2.47 bits per heavy atom. The van der Waals surface area contributed by atoms with Gasteiger partial charge < -0.3 is 9.87 Å². The zero-order valence-electron chi connectivity index (χ0n) is 10.8. The second-order valence-electron chi connectivity index (χ2n) is 3.85. The fourth-order valence-corrected chi connectivity index (χ4v) is 1.46. The number of nitrogens with zero attached hydrogens (tertiary/aromatic N) is 1. The van der Waals surface area contributed by atoms with Gasteiger partial charge in [-0.1, -0.05) is 18.2 Å². The highest BCUT2D eigenvalue weighted by Gasteiger charge is 2.00. The Balaban J connectivity index is 0.000000399. The molecule has 6 heteroatoms. The summed E-state index contributed by atoms with van der Waals surface area (Å²) in [5.74, 6) is 0.881. The van der Waals surface area contributed by atoms with Gasteiger partial charge in [0.2, 0.25) is 0 Å². The van der Waals surface area contributed by atoms with Crippen molar-refractivity contribution < 1.29 is 8.76 Å². The van der Waals surface area contributed by atoms with Crippen LogP contribution in [0, 0.1) is 13.8 Å². The van der Waals surface area contributed by atoms with Crippen LogP contribution in [-0.2, 0) is 11.3 Å². The molecular formula is C13H16N3O2S-. The van der Waals surface area contributed by atoms with Crippen molar-refractivity contribution >= 4 is 22.8 Å². The summed E-state index contributed by atoms with van der Waals surface area (Å²) in [4.78, 5) is 4.23. The van der Waals surface area contributed by atoms with E-state index in [2.05, 4.69) is 41.4 Å². The minimum atomic E-state index is -2.36. The molecule has 0 radical (unpaired) electrons. The first-order valence-corrected chi connectivity index (χ1v) is 6.72. The third kappa shape index (κ3) is 5.60. The number of hydrogen-bond donors (Lipinski definition) is 2. The van der Waals surface area contributed by atoms with Gasteiger partial charge in [-0.05, 0) is 43.2 Å². The summed E-state index contributed by atoms with van der Waals surface area (Å²) in [6, 6.07) is 12.1. The van der Waals surface area contributed by atoms with Gasteiger partial charge in [-0.3, -0.25) is 9.35 Å². The van der Waals surface area contributed by atoms with Crippen molar-refractivity contribution in [1.29, 1.82) is 0 Å². The maximum Gasteiger partial charge on any atom is 0.130 e. The lowest BCUT2D eigenvalue weighted by molar-refractivity contribution is 0.539. The van der Waals surface area contributed by atoms with Crippen LogP contribution in [0.5, 0.6) is 0 Å². The van der Waals surface area contributed by atoms with E-state index in [0.29, 0.717) is 0 Å². The number of rotatable bonds is 2. The molecule has 0 aliphatic rings. The highest BCUT2D eigenvalue weighted by Crippen LogP contribution is 2.21. The molecule has 0 saturated carbocycles. The molecule has 0 aliphatic carbocycles. The fourth-order valence-electron chi connectivity index (χ4n) is 1.46. The number of pyridine rings is 1. The van der Waals surface area contributed by atoms with Crippen molar-refractivity contribution in [3.05, 3.63) is 53.7 Å². The lowest BCUT2D eigenvalue weighted by Gasteiger charge is -2.10. The quantitative estimate of drug-likeness (QED) is 0.824. The fraction of sp³-hybridized carbons (Fsp3) is 0.154. The average Bonchev–Trinajstić information content (AvgIpc) is 2.36. The van der Waals surface area contributed by atoms with Gasteiger partial charge in [-0.25, -0.2) is 4.98 Å². The van der Waals surface area contributed by atoms with E-state index in [1.54, 1.807) is 6.20 Å². The Hall–Kier alpha value is -1.76. The lowest BCUT2D eigenvalue weighted by Crippen LogP contribution is -1.97. The number of anilines is 2. The number of benzene rings is 1. The highest BCUT2D eigenvalue weighted by molar-refractivity contribution is 7.76. The standard InChI is InChI=1S/C13H14N2.H3NO2S/c1-10-6-5-7-12(11(10)2)15-13-8-3-4-9-14-13;1-4(2)3/h3-9H,1-2H3,(H,14,15);1H2,(H,2,3)/p-1. The molecule has 0 bridgehead atoms. The maximum absolute atomic E-state index is 8.78. The minimum Gasteiger partial charge on any atom is -0.760 e. The van der Waals surface area contributed by atoms with Crippen molar-refractivity contribution in [1.82, 2.24) is 4.98 Å². The van der Waals surface area contributed by atoms with Crippen LogP contribution in [0.3, 0.4) is 0 Å². The smallest absolute Gasteiger partial charge is 0.130 e. The second kappa shape index (κ2) is 7.63. The Morgan fingerprint density at radius 2 is 1.89 bits per heavy atom. The van der Waals surface area contributed by atoms with Crippen LogP contribution < -0.4 is 10.5 Å². The Morgan fingerprint density at radius 1 is 1.21 bits per heavy atom. The molecule has 3 N–H and O–H groups in total. The van der Waals surface area contributed by atoms with Crippen LogP contribution in [-0.4, -0.2) is 13.7 Å². The number of aryl methyl sites for hydroxylation is 1. The molecule has 2 rings (SSSR count). The first-order valence-electron chi connectivity index (χ1n) is 5.58. The van der Waals surface area contributed by atoms with E-state index in [4.69, 9.17) is 8.76 Å². The first-order chi connectivity index (χ1) is 9.00. The van der Waals surface area contributed by atoms with Gasteiger partial charge in [0.25, 0.3) is 0 Å². The van der Waals surface area contributed by atoms with Crippen molar-refractivity contribution in [2.75, 3.05) is 5.32 Å². The molecule has 102 valence electrons. The maximum atomic E-state index is 8.78. The van der Waals surface area contributed by atoms with E-state index in [1.165, 1.54) is 11.1 Å². The van der Waals surface area contributed by atoms with Gasteiger partial charge in [-0.2, -0.15) is 0 Å². The van der Waals surface area contributed by atoms with Crippen LogP contribution in [0.15, 0.2) is 42.6 Å². The molecule has 1 aromatic heterocycles. The summed E-state index contributed by atoms with van der Waals surface area (Å²) in [7, 11) is 0. The van der Waals surface area contributed by atoms with Gasteiger partial charge in [0.05, 0.1) is 0 Å². The Labute approximate surface area is 115 Å². The summed E-state index contributed by atoms with van der Waals surface area (Å²) in [5.41, 5.74) is 3.67. The number of hydrogen-bond acceptors (Lipinski definition) is 4. The molecule has 5 nitrogen and oxygen atoms in total. The van der Waals surface area contributed by atoms with Gasteiger partial charge in [0.15, 0.2) is 0 Å². The topological polar surface area (TPSA) is 91.1 Å². The SMILES string of the molecule is Cc1cccc(Nc2ccccn2)c1C.NS(=O)[O-]. The molecule has 0 fully saturated rings. The highest BCUT2D eigenvalue weighted by atomic mass is 32.2. The van der Waals surface area contributed by atoms with Gasteiger partial charge in [0, 0.05) is 23.2 Å². The summed E-state index contributed by atoms with van der Waals surface area (Å²) >= 11 is -2.36. The molecule has 1 atom stereocenters. The molecule has 0 saturated heterocycles. The molecule has 0 amide bonds. The van der Waals surface area contributed by atoms with E-state index < -0.39 is 11.3 Å². The third-order valence-corrected chi connectivity index (χ3v) is 2.53. The zero-order chi connectivity index (χ0) is 14.3. The number of aromatic nitrogens is 1. The largest absolute Gasteiger partial charge is 0.760 e. The molecule has 1 unspecified atom stereocenters. The van der Waals surface area contributed by atoms with Crippen molar-refractivity contribution in [3.63, 3.8) is 0 Å². The summed E-state index contributed by atoms with van der Waals surface area (Å²) in [6.45, 7) is 4.22. The van der Waals surface area contributed by atoms with Crippen molar-refractivity contribution in [3.8, 4) is 0 Å². The van der Waals surface area contributed by atoms with Crippen LogP contribution in [0.2, 0.25) is 0 Å². The summed E-state index contributed by atoms with van der Waals surface area (Å²) in [6.07, 6.45) is 1.79. The summed E-state index contributed by atoms with van der Waals surface area (Å²) in [5, 5.41) is 7.33. The van der Waals surface area contributed by atoms with E-state index in [9.17, 15) is 0 Å².